The van der Waals surface area contributed by atoms with Gasteiger partial charge in [-0.3, -0.25) is 4.90 Å². The van der Waals surface area contributed by atoms with E-state index in [4.69, 9.17) is 10.5 Å². The van der Waals surface area contributed by atoms with Crippen molar-refractivity contribution in [1.82, 2.24) is 4.90 Å². The number of nitrogens with two attached hydrogens (primary N) is 1. The van der Waals surface area contributed by atoms with Crippen LogP contribution in [0.5, 0.6) is 5.75 Å². The van der Waals surface area contributed by atoms with Gasteiger partial charge in [0.05, 0.1) is 12.8 Å². The van der Waals surface area contributed by atoms with Crippen molar-refractivity contribution in [2.45, 2.75) is 18.9 Å². The lowest BCUT2D eigenvalue weighted by molar-refractivity contribution is 0.327. The molecule has 0 amide bonds. The molecule has 0 unspecified atom stereocenters. The van der Waals surface area contributed by atoms with Crippen LogP contribution < -0.4 is 10.5 Å². The normalized spacial score (nSPS) is 18.8. The summed E-state index contributed by atoms with van der Waals surface area (Å²) in [7, 11) is 1.67. The number of rotatable bonds is 4. The van der Waals surface area contributed by atoms with E-state index in [0.29, 0.717) is 11.6 Å². The number of benzene rings is 2. The Kier molecular flexibility index (Phi) is 4.11. The number of hydrogen-bond donors (Lipinski definition) is 1. The standard InChI is InChI=1S/C18H22N2O/c1-21-18-11-15(7-8-17(18)19)16-9-10-20(13-16)12-14-5-3-2-4-6-14/h2-8,11,16H,9-10,12-13,19H2,1H3/t16-/m0/s1. The number of anilines is 1. The van der Waals surface area contributed by atoms with Gasteiger partial charge in [0.15, 0.2) is 0 Å². The number of nitrogens with zero attached hydrogens (tertiary/aromatic N) is 1. The molecule has 110 valence electrons. The second kappa shape index (κ2) is 6.19. The second-order valence-corrected chi connectivity index (χ2v) is 5.71. The van der Waals surface area contributed by atoms with Gasteiger partial charge in [0.2, 0.25) is 0 Å². The van der Waals surface area contributed by atoms with Gasteiger partial charge in [-0.05, 0) is 42.1 Å². The van der Waals surface area contributed by atoms with E-state index >= 15 is 0 Å². The smallest absolute Gasteiger partial charge is 0.142 e. The zero-order valence-corrected chi connectivity index (χ0v) is 12.5. The Morgan fingerprint density at radius 3 is 2.76 bits per heavy atom. The summed E-state index contributed by atoms with van der Waals surface area (Å²) in [6, 6.07) is 16.8. The molecule has 2 aromatic rings. The molecule has 0 aliphatic carbocycles. The fraction of sp³-hybridized carbons (Fsp3) is 0.333. The molecule has 0 bridgehead atoms. The number of nitrogen functional groups attached to an aromatic ring is 1. The third kappa shape index (κ3) is 3.19. The Balaban J connectivity index is 1.67. The monoisotopic (exact) mass is 282 g/mol. The molecule has 3 heteroatoms. The summed E-state index contributed by atoms with van der Waals surface area (Å²) >= 11 is 0. The summed E-state index contributed by atoms with van der Waals surface area (Å²) in [5.41, 5.74) is 9.31. The first-order chi connectivity index (χ1) is 10.3. The SMILES string of the molecule is COc1cc([C@H]2CCN(Cc3ccccc3)C2)ccc1N. The Hall–Kier alpha value is -2.00. The number of methoxy groups -OCH3 is 1. The highest BCUT2D eigenvalue weighted by atomic mass is 16.5. The van der Waals surface area contributed by atoms with Crippen LogP contribution in [0.2, 0.25) is 0 Å². The average Bonchev–Trinajstić information content (AvgIpc) is 2.97. The summed E-state index contributed by atoms with van der Waals surface area (Å²) in [4.78, 5) is 2.52. The quantitative estimate of drug-likeness (QED) is 0.875. The third-order valence-electron chi connectivity index (χ3n) is 4.25. The number of hydrogen-bond acceptors (Lipinski definition) is 3. The van der Waals surface area contributed by atoms with Gasteiger partial charge in [0.25, 0.3) is 0 Å². The lowest BCUT2D eigenvalue weighted by atomic mass is 9.98. The molecule has 1 saturated heterocycles. The summed E-state index contributed by atoms with van der Waals surface area (Å²) in [6.45, 7) is 3.28. The molecular formula is C18H22N2O. The first-order valence-electron chi connectivity index (χ1n) is 7.46. The van der Waals surface area contributed by atoms with Gasteiger partial charge in [0, 0.05) is 13.1 Å². The first-order valence-corrected chi connectivity index (χ1v) is 7.46. The third-order valence-corrected chi connectivity index (χ3v) is 4.25. The van der Waals surface area contributed by atoms with E-state index in [2.05, 4.69) is 47.4 Å². The van der Waals surface area contributed by atoms with Crippen molar-refractivity contribution in [2.24, 2.45) is 0 Å². The average molecular weight is 282 g/mol. The zero-order valence-electron chi connectivity index (χ0n) is 12.5. The predicted octanol–water partition coefficient (Wildman–Crippen LogP) is 3.27. The van der Waals surface area contributed by atoms with Gasteiger partial charge in [0.1, 0.15) is 5.75 Å². The molecule has 3 rings (SSSR count). The highest BCUT2D eigenvalue weighted by molar-refractivity contribution is 5.54. The molecule has 1 aliphatic heterocycles. The van der Waals surface area contributed by atoms with Crippen molar-refractivity contribution in [1.29, 1.82) is 0 Å². The molecule has 1 fully saturated rings. The minimum absolute atomic E-state index is 0.572. The molecule has 2 aromatic carbocycles. The molecule has 2 N–H and O–H groups in total. The summed E-state index contributed by atoms with van der Waals surface area (Å²) in [5.74, 6) is 1.36. The molecule has 0 spiro atoms. The van der Waals surface area contributed by atoms with Gasteiger partial charge in [-0.2, -0.15) is 0 Å². The Morgan fingerprint density at radius 1 is 1.19 bits per heavy atom. The van der Waals surface area contributed by atoms with Crippen LogP contribution in [0.1, 0.15) is 23.5 Å². The summed E-state index contributed by atoms with van der Waals surface area (Å²) in [6.07, 6.45) is 1.19. The number of ether oxygens (including phenoxy) is 1. The summed E-state index contributed by atoms with van der Waals surface area (Å²) in [5, 5.41) is 0. The van der Waals surface area contributed by atoms with Crippen LogP contribution in [-0.2, 0) is 6.54 Å². The largest absolute Gasteiger partial charge is 0.495 e. The maximum Gasteiger partial charge on any atom is 0.142 e. The van der Waals surface area contributed by atoms with Gasteiger partial charge in [-0.25, -0.2) is 0 Å². The Bertz CT molecular complexity index is 597. The molecule has 21 heavy (non-hydrogen) atoms. The van der Waals surface area contributed by atoms with E-state index in [-0.39, 0.29) is 0 Å². The fourth-order valence-corrected chi connectivity index (χ4v) is 3.07. The molecule has 0 aromatic heterocycles. The topological polar surface area (TPSA) is 38.5 Å². The Morgan fingerprint density at radius 2 is 2.00 bits per heavy atom. The molecule has 0 radical (unpaired) electrons. The molecule has 0 saturated carbocycles. The van der Waals surface area contributed by atoms with Crippen LogP contribution in [0.3, 0.4) is 0 Å². The van der Waals surface area contributed by atoms with E-state index in [1.807, 2.05) is 6.07 Å². The van der Waals surface area contributed by atoms with Gasteiger partial charge >= 0.3 is 0 Å². The van der Waals surface area contributed by atoms with Gasteiger partial charge in [-0.1, -0.05) is 36.4 Å². The van der Waals surface area contributed by atoms with Crippen LogP contribution >= 0.6 is 0 Å². The maximum absolute atomic E-state index is 5.89. The van der Waals surface area contributed by atoms with Crippen molar-refractivity contribution < 1.29 is 4.74 Å². The van der Waals surface area contributed by atoms with E-state index in [0.717, 1.165) is 25.4 Å². The van der Waals surface area contributed by atoms with Crippen molar-refractivity contribution in [3.8, 4) is 5.75 Å². The van der Waals surface area contributed by atoms with E-state index < -0.39 is 0 Å². The maximum atomic E-state index is 5.89. The van der Waals surface area contributed by atoms with E-state index in [9.17, 15) is 0 Å². The first kappa shape index (κ1) is 14.0. The van der Waals surface area contributed by atoms with Crippen LogP contribution in [0, 0.1) is 0 Å². The molecular weight excluding hydrogens is 260 g/mol. The molecule has 1 aliphatic rings. The minimum Gasteiger partial charge on any atom is -0.495 e. The van der Waals surface area contributed by atoms with Crippen molar-refractivity contribution >= 4 is 5.69 Å². The van der Waals surface area contributed by atoms with Crippen LogP contribution in [0.25, 0.3) is 0 Å². The molecule has 1 heterocycles. The second-order valence-electron chi connectivity index (χ2n) is 5.71. The lowest BCUT2D eigenvalue weighted by Crippen LogP contribution is -2.19. The van der Waals surface area contributed by atoms with Crippen LogP contribution in [-0.4, -0.2) is 25.1 Å². The minimum atomic E-state index is 0.572. The van der Waals surface area contributed by atoms with Crippen molar-refractivity contribution in [2.75, 3.05) is 25.9 Å². The fourth-order valence-electron chi connectivity index (χ4n) is 3.07. The van der Waals surface area contributed by atoms with Gasteiger partial charge < -0.3 is 10.5 Å². The highest BCUT2D eigenvalue weighted by Crippen LogP contribution is 2.32. The van der Waals surface area contributed by atoms with Crippen molar-refractivity contribution in [3.63, 3.8) is 0 Å². The predicted molar refractivity (Wildman–Crippen MR) is 86.5 cm³/mol. The zero-order chi connectivity index (χ0) is 14.7. The van der Waals surface area contributed by atoms with Crippen LogP contribution in [0.15, 0.2) is 48.5 Å². The summed E-state index contributed by atoms with van der Waals surface area (Å²) < 4.78 is 5.33. The highest BCUT2D eigenvalue weighted by Gasteiger charge is 2.24. The van der Waals surface area contributed by atoms with Crippen LogP contribution in [0.4, 0.5) is 5.69 Å². The molecule has 3 nitrogen and oxygen atoms in total. The molecule has 1 atom stereocenters. The van der Waals surface area contributed by atoms with Crippen molar-refractivity contribution in [3.05, 3.63) is 59.7 Å². The lowest BCUT2D eigenvalue weighted by Gasteiger charge is -2.17. The van der Waals surface area contributed by atoms with E-state index in [1.54, 1.807) is 7.11 Å². The van der Waals surface area contributed by atoms with E-state index in [1.165, 1.54) is 17.5 Å². The Labute approximate surface area is 126 Å². The number of likely N-dealkylation sites (tertiary alicyclic amines) is 1. The van der Waals surface area contributed by atoms with Gasteiger partial charge in [-0.15, -0.1) is 0 Å².